The molecular weight excluding hydrogens is 226 g/mol. The first-order valence-corrected chi connectivity index (χ1v) is 7.25. The Bertz CT molecular complexity index is 343. The summed E-state index contributed by atoms with van der Waals surface area (Å²) in [6, 6.07) is 0.181. The molecule has 0 N–H and O–H groups in total. The molecule has 1 aliphatic carbocycles. The van der Waals surface area contributed by atoms with Gasteiger partial charge in [0.2, 0.25) is 5.91 Å². The molecule has 2 rings (SSSR count). The van der Waals surface area contributed by atoms with E-state index in [9.17, 15) is 9.59 Å². The molecule has 18 heavy (non-hydrogen) atoms. The average molecular weight is 251 g/mol. The SMILES string of the molecule is CC(C)(C)C(=O)N1CCCCC1C1CCCC1=O. The maximum absolute atomic E-state index is 12.5. The highest BCUT2D eigenvalue weighted by Crippen LogP contribution is 2.34. The van der Waals surface area contributed by atoms with Crippen LogP contribution in [0, 0.1) is 11.3 Å². The Labute approximate surface area is 110 Å². The van der Waals surface area contributed by atoms with E-state index in [0.29, 0.717) is 5.78 Å². The molecule has 0 aromatic carbocycles. The summed E-state index contributed by atoms with van der Waals surface area (Å²) in [4.78, 5) is 26.5. The summed E-state index contributed by atoms with van der Waals surface area (Å²) in [7, 11) is 0. The van der Waals surface area contributed by atoms with Crippen LogP contribution in [-0.4, -0.2) is 29.2 Å². The zero-order valence-electron chi connectivity index (χ0n) is 11.9. The monoisotopic (exact) mass is 251 g/mol. The fraction of sp³-hybridized carbons (Fsp3) is 0.867. The first-order valence-electron chi connectivity index (χ1n) is 7.25. The highest BCUT2D eigenvalue weighted by Gasteiger charge is 2.41. The van der Waals surface area contributed by atoms with E-state index in [4.69, 9.17) is 0 Å². The Morgan fingerprint density at radius 2 is 1.89 bits per heavy atom. The van der Waals surface area contributed by atoms with Crippen molar-refractivity contribution in [2.45, 2.75) is 65.3 Å². The van der Waals surface area contributed by atoms with Crippen molar-refractivity contribution in [3.8, 4) is 0 Å². The van der Waals surface area contributed by atoms with Crippen molar-refractivity contribution in [1.29, 1.82) is 0 Å². The zero-order valence-corrected chi connectivity index (χ0v) is 11.9. The number of hydrogen-bond acceptors (Lipinski definition) is 2. The van der Waals surface area contributed by atoms with Gasteiger partial charge in [0.15, 0.2) is 0 Å². The van der Waals surface area contributed by atoms with Crippen LogP contribution in [0.25, 0.3) is 0 Å². The lowest BCUT2D eigenvalue weighted by atomic mass is 9.85. The molecule has 1 amide bonds. The summed E-state index contributed by atoms with van der Waals surface area (Å²) < 4.78 is 0. The molecule has 1 saturated heterocycles. The first-order chi connectivity index (χ1) is 8.41. The average Bonchev–Trinajstić information content (AvgIpc) is 2.73. The summed E-state index contributed by atoms with van der Waals surface area (Å²) >= 11 is 0. The largest absolute Gasteiger partial charge is 0.339 e. The van der Waals surface area contributed by atoms with Crippen LogP contribution in [0.1, 0.15) is 59.3 Å². The number of ketones is 1. The normalized spacial score (nSPS) is 29.7. The van der Waals surface area contributed by atoms with Gasteiger partial charge >= 0.3 is 0 Å². The molecule has 1 aliphatic heterocycles. The van der Waals surface area contributed by atoms with Gasteiger partial charge in [-0.25, -0.2) is 0 Å². The van der Waals surface area contributed by atoms with Crippen LogP contribution in [0.15, 0.2) is 0 Å². The van der Waals surface area contributed by atoms with E-state index >= 15 is 0 Å². The summed E-state index contributed by atoms with van der Waals surface area (Å²) in [6.07, 6.45) is 5.97. The van der Waals surface area contributed by atoms with Crippen molar-refractivity contribution in [3.63, 3.8) is 0 Å². The van der Waals surface area contributed by atoms with Gasteiger partial charge in [-0.1, -0.05) is 20.8 Å². The lowest BCUT2D eigenvalue weighted by molar-refractivity contribution is -0.145. The fourth-order valence-corrected chi connectivity index (χ4v) is 3.31. The Kier molecular flexibility index (Phi) is 3.79. The number of carbonyl (C=O) groups is 2. The van der Waals surface area contributed by atoms with Gasteiger partial charge in [-0.2, -0.15) is 0 Å². The third-order valence-corrected chi connectivity index (χ3v) is 4.27. The van der Waals surface area contributed by atoms with Gasteiger partial charge in [-0.15, -0.1) is 0 Å². The Morgan fingerprint density at radius 3 is 2.44 bits per heavy atom. The molecule has 2 atom stereocenters. The highest BCUT2D eigenvalue weighted by molar-refractivity contribution is 5.86. The third kappa shape index (κ3) is 2.60. The van der Waals surface area contributed by atoms with Gasteiger partial charge in [-0.05, 0) is 32.1 Å². The predicted molar refractivity (Wildman–Crippen MR) is 71.2 cm³/mol. The molecule has 2 aliphatic rings. The topological polar surface area (TPSA) is 37.4 Å². The minimum atomic E-state index is -0.336. The van der Waals surface area contributed by atoms with Crippen LogP contribution in [0.2, 0.25) is 0 Å². The van der Waals surface area contributed by atoms with Gasteiger partial charge in [0.1, 0.15) is 5.78 Å². The maximum Gasteiger partial charge on any atom is 0.228 e. The van der Waals surface area contributed by atoms with Gasteiger partial charge < -0.3 is 4.90 Å². The van der Waals surface area contributed by atoms with Gasteiger partial charge in [0, 0.05) is 30.3 Å². The second-order valence-corrected chi connectivity index (χ2v) is 6.78. The molecule has 2 unspecified atom stereocenters. The van der Waals surface area contributed by atoms with Crippen molar-refractivity contribution >= 4 is 11.7 Å². The number of carbonyl (C=O) groups excluding carboxylic acids is 2. The van der Waals surface area contributed by atoms with Gasteiger partial charge in [0.05, 0.1) is 0 Å². The lowest BCUT2D eigenvalue weighted by Gasteiger charge is -2.41. The smallest absolute Gasteiger partial charge is 0.228 e. The van der Waals surface area contributed by atoms with Crippen molar-refractivity contribution < 1.29 is 9.59 Å². The van der Waals surface area contributed by atoms with E-state index in [1.54, 1.807) is 0 Å². The van der Waals surface area contributed by atoms with E-state index < -0.39 is 0 Å². The molecule has 0 spiro atoms. The quantitative estimate of drug-likeness (QED) is 0.718. The second-order valence-electron chi connectivity index (χ2n) is 6.78. The molecule has 2 fully saturated rings. The summed E-state index contributed by atoms with van der Waals surface area (Å²) in [5.74, 6) is 0.720. The molecule has 0 aromatic heterocycles. The number of rotatable bonds is 1. The molecule has 0 bridgehead atoms. The predicted octanol–water partition coefficient (Wildman–Crippen LogP) is 2.78. The van der Waals surface area contributed by atoms with Crippen LogP contribution in [0.3, 0.4) is 0 Å². The summed E-state index contributed by atoms with van der Waals surface area (Å²) in [6.45, 7) is 6.75. The number of nitrogens with zero attached hydrogens (tertiary/aromatic N) is 1. The zero-order chi connectivity index (χ0) is 13.3. The molecular formula is C15H25NO2. The third-order valence-electron chi connectivity index (χ3n) is 4.27. The number of piperidine rings is 1. The van der Waals surface area contributed by atoms with Crippen LogP contribution >= 0.6 is 0 Å². The van der Waals surface area contributed by atoms with E-state index in [0.717, 1.165) is 45.1 Å². The van der Waals surface area contributed by atoms with Crippen molar-refractivity contribution in [3.05, 3.63) is 0 Å². The number of likely N-dealkylation sites (tertiary alicyclic amines) is 1. The highest BCUT2D eigenvalue weighted by atomic mass is 16.2. The number of hydrogen-bond donors (Lipinski definition) is 0. The fourth-order valence-electron chi connectivity index (χ4n) is 3.31. The number of Topliss-reactive ketones (excluding diaryl/α,β-unsaturated/α-hetero) is 1. The Balaban J connectivity index is 2.16. The minimum absolute atomic E-state index is 0.122. The van der Waals surface area contributed by atoms with Crippen LogP contribution in [0.4, 0.5) is 0 Å². The molecule has 0 aromatic rings. The van der Waals surface area contributed by atoms with E-state index in [-0.39, 0.29) is 23.3 Å². The summed E-state index contributed by atoms with van der Waals surface area (Å²) in [5.41, 5.74) is -0.336. The van der Waals surface area contributed by atoms with Gasteiger partial charge in [-0.3, -0.25) is 9.59 Å². The van der Waals surface area contributed by atoms with Crippen molar-refractivity contribution in [2.24, 2.45) is 11.3 Å². The Morgan fingerprint density at radius 1 is 1.17 bits per heavy atom. The molecule has 3 heteroatoms. The standard InChI is InChI=1S/C15H25NO2/c1-15(2,3)14(18)16-10-5-4-8-12(16)11-7-6-9-13(11)17/h11-12H,4-10H2,1-3H3. The van der Waals surface area contributed by atoms with Crippen molar-refractivity contribution in [1.82, 2.24) is 4.90 Å². The van der Waals surface area contributed by atoms with Crippen LogP contribution in [-0.2, 0) is 9.59 Å². The van der Waals surface area contributed by atoms with Gasteiger partial charge in [0.25, 0.3) is 0 Å². The first kappa shape index (κ1) is 13.6. The van der Waals surface area contributed by atoms with E-state index in [1.165, 1.54) is 0 Å². The van der Waals surface area contributed by atoms with E-state index in [2.05, 4.69) is 0 Å². The van der Waals surface area contributed by atoms with Crippen LogP contribution in [0.5, 0.6) is 0 Å². The summed E-state index contributed by atoms with van der Waals surface area (Å²) in [5, 5.41) is 0. The molecule has 1 saturated carbocycles. The maximum atomic E-state index is 12.5. The molecule has 102 valence electrons. The minimum Gasteiger partial charge on any atom is -0.339 e. The molecule has 3 nitrogen and oxygen atoms in total. The molecule has 0 radical (unpaired) electrons. The lowest BCUT2D eigenvalue weighted by Crippen LogP contribution is -2.52. The second kappa shape index (κ2) is 5.02. The molecule has 1 heterocycles. The Hall–Kier alpha value is -0.860. The van der Waals surface area contributed by atoms with Crippen molar-refractivity contribution in [2.75, 3.05) is 6.54 Å². The van der Waals surface area contributed by atoms with E-state index in [1.807, 2.05) is 25.7 Å². The van der Waals surface area contributed by atoms with Crippen LogP contribution < -0.4 is 0 Å². The number of amides is 1.